The van der Waals surface area contributed by atoms with Crippen LogP contribution in [0.2, 0.25) is 0 Å². The van der Waals surface area contributed by atoms with Gasteiger partial charge in [0, 0.05) is 18.6 Å². The van der Waals surface area contributed by atoms with Crippen LogP contribution in [0.4, 0.5) is 13.2 Å². The van der Waals surface area contributed by atoms with Crippen LogP contribution >= 0.6 is 11.3 Å². The molecular formula is C17H13F3N2O2S. The molecule has 0 bridgehead atoms. The molecule has 4 aromatic rings. The van der Waals surface area contributed by atoms with E-state index in [9.17, 15) is 13.2 Å². The summed E-state index contributed by atoms with van der Waals surface area (Å²) in [6.07, 6.45) is 1.95. The lowest BCUT2D eigenvalue weighted by Gasteiger charge is -1.90. The maximum absolute atomic E-state index is 12.8. The second kappa shape index (κ2) is 8.29. The van der Waals surface area contributed by atoms with Crippen LogP contribution in [0.3, 0.4) is 0 Å². The Bertz CT molecular complexity index is 964. The van der Waals surface area contributed by atoms with Gasteiger partial charge in [-0.15, -0.1) is 0 Å². The number of rotatable bonds is 0. The maximum Gasteiger partial charge on any atom is 0.300 e. The Morgan fingerprint density at radius 2 is 1.80 bits per heavy atom. The van der Waals surface area contributed by atoms with E-state index in [0.29, 0.717) is 16.0 Å². The van der Waals surface area contributed by atoms with Crippen molar-refractivity contribution in [2.24, 2.45) is 0 Å². The molecule has 8 heteroatoms. The average Bonchev–Trinajstić information content (AvgIpc) is 3.17. The molecule has 130 valence electrons. The summed E-state index contributed by atoms with van der Waals surface area (Å²) < 4.78 is 38.1. The third-order valence-electron chi connectivity index (χ3n) is 2.89. The van der Waals surface area contributed by atoms with Gasteiger partial charge >= 0.3 is 0 Å². The second-order valence-corrected chi connectivity index (χ2v) is 5.74. The molecule has 0 aliphatic heterocycles. The number of para-hydroxylation sites is 1. The summed E-state index contributed by atoms with van der Waals surface area (Å²) >= 11 is 0.691. The zero-order chi connectivity index (χ0) is 18.4. The first-order valence-electron chi connectivity index (χ1n) is 7.00. The van der Waals surface area contributed by atoms with Crippen molar-refractivity contribution in [1.82, 2.24) is 9.97 Å². The number of nitrogens with one attached hydrogen (secondary N) is 1. The van der Waals surface area contributed by atoms with Gasteiger partial charge in [0.05, 0.1) is 4.70 Å². The average molecular weight is 366 g/mol. The van der Waals surface area contributed by atoms with Crippen LogP contribution in [0.15, 0.2) is 48.7 Å². The molecule has 4 nitrogen and oxygen atoms in total. The van der Waals surface area contributed by atoms with E-state index in [1.54, 1.807) is 0 Å². The van der Waals surface area contributed by atoms with E-state index >= 15 is 0 Å². The number of aromatic nitrogens is 2. The van der Waals surface area contributed by atoms with Crippen molar-refractivity contribution in [3.8, 4) is 0 Å². The quantitative estimate of drug-likeness (QED) is 0.462. The predicted octanol–water partition coefficient (Wildman–Crippen LogP) is 4.97. The van der Waals surface area contributed by atoms with Gasteiger partial charge in [-0.05, 0) is 29.7 Å². The molecule has 25 heavy (non-hydrogen) atoms. The van der Waals surface area contributed by atoms with Crippen molar-refractivity contribution < 1.29 is 23.1 Å². The number of carbonyl (C=O) groups is 1. The molecule has 2 heterocycles. The molecule has 0 spiro atoms. The van der Waals surface area contributed by atoms with E-state index in [2.05, 4.69) is 28.2 Å². The number of aliphatic carboxylic acids is 1. The molecular weight excluding hydrogens is 353 g/mol. The molecule has 0 radical (unpaired) electrons. The Balaban J connectivity index is 0.000000153. The molecule has 0 aliphatic carbocycles. The molecule has 0 saturated heterocycles. The summed E-state index contributed by atoms with van der Waals surface area (Å²) in [7, 11) is 0. The van der Waals surface area contributed by atoms with Gasteiger partial charge in [0.2, 0.25) is 0 Å². The molecule has 0 amide bonds. The lowest BCUT2D eigenvalue weighted by Crippen LogP contribution is -1.84. The largest absolute Gasteiger partial charge is 0.481 e. The van der Waals surface area contributed by atoms with Crippen molar-refractivity contribution in [3.63, 3.8) is 0 Å². The number of benzene rings is 2. The van der Waals surface area contributed by atoms with E-state index in [1.807, 2.05) is 18.3 Å². The van der Waals surface area contributed by atoms with Crippen LogP contribution in [0.25, 0.3) is 21.1 Å². The zero-order valence-corrected chi connectivity index (χ0v) is 13.8. The summed E-state index contributed by atoms with van der Waals surface area (Å²) in [6.45, 7) is 1.08. The number of aromatic amines is 1. The molecule has 2 aromatic heterocycles. The van der Waals surface area contributed by atoms with Crippen molar-refractivity contribution in [1.29, 1.82) is 0 Å². The molecule has 0 saturated carbocycles. The zero-order valence-electron chi connectivity index (χ0n) is 13.0. The highest BCUT2D eigenvalue weighted by Gasteiger charge is 2.11. The number of nitrogens with zero attached hydrogens (tertiary/aromatic N) is 1. The number of hydrogen-bond donors (Lipinski definition) is 2. The summed E-state index contributed by atoms with van der Waals surface area (Å²) in [5.41, 5.74) is 0.968. The van der Waals surface area contributed by atoms with Crippen LogP contribution in [-0.2, 0) is 4.79 Å². The molecule has 2 aromatic carbocycles. The van der Waals surface area contributed by atoms with Gasteiger partial charge < -0.3 is 10.1 Å². The van der Waals surface area contributed by atoms with Gasteiger partial charge in [-0.2, -0.15) is 4.39 Å². The summed E-state index contributed by atoms with van der Waals surface area (Å²) in [4.78, 5) is 15.3. The monoisotopic (exact) mass is 366 g/mol. The van der Waals surface area contributed by atoms with E-state index in [1.165, 1.54) is 17.0 Å². The Kier molecular flexibility index (Phi) is 6.13. The Morgan fingerprint density at radius 1 is 1.12 bits per heavy atom. The fourth-order valence-electron chi connectivity index (χ4n) is 1.91. The minimum atomic E-state index is -1.09. The van der Waals surface area contributed by atoms with E-state index in [-0.39, 0.29) is 5.52 Å². The highest BCUT2D eigenvalue weighted by Crippen LogP contribution is 2.24. The molecule has 0 fully saturated rings. The fraction of sp³-hybridized carbons (Fsp3) is 0.0588. The first kappa shape index (κ1) is 18.5. The van der Waals surface area contributed by atoms with Crippen LogP contribution in [0.1, 0.15) is 6.92 Å². The first-order chi connectivity index (χ1) is 11.9. The standard InChI is InChI=1S/C8H7N.C7H2F3NS.C2H4O2/c1-2-4-8-7(3-1)5-6-9-8;8-3-1-2-4-6(5(3)9)11-7(10)12-4;1-2(3)4/h1-6,9H;1-2H;1H3,(H,3,4). The van der Waals surface area contributed by atoms with Crippen molar-refractivity contribution >= 4 is 38.4 Å². The first-order valence-corrected chi connectivity index (χ1v) is 7.82. The number of carboxylic acid groups (broad SMARTS) is 1. The van der Waals surface area contributed by atoms with Gasteiger partial charge in [0.1, 0.15) is 5.52 Å². The minimum absolute atomic E-state index is 0.238. The van der Waals surface area contributed by atoms with Crippen molar-refractivity contribution in [2.75, 3.05) is 0 Å². The van der Waals surface area contributed by atoms with Crippen LogP contribution in [0, 0.1) is 16.9 Å². The van der Waals surface area contributed by atoms with Gasteiger partial charge in [-0.1, -0.05) is 29.5 Å². The van der Waals surface area contributed by atoms with Gasteiger partial charge in [-0.25, -0.2) is 13.8 Å². The molecule has 2 N–H and O–H groups in total. The lowest BCUT2D eigenvalue weighted by atomic mass is 10.3. The second-order valence-electron chi connectivity index (χ2n) is 4.76. The van der Waals surface area contributed by atoms with Gasteiger partial charge in [-0.3, -0.25) is 4.79 Å². The third kappa shape index (κ3) is 5.05. The van der Waals surface area contributed by atoms with Gasteiger partial charge in [0.15, 0.2) is 11.6 Å². The molecule has 0 unspecified atom stereocenters. The predicted molar refractivity (Wildman–Crippen MR) is 91.1 cm³/mol. The number of fused-ring (bicyclic) bond motifs is 2. The van der Waals surface area contributed by atoms with Crippen LogP contribution in [0.5, 0.6) is 0 Å². The number of carboxylic acids is 1. The summed E-state index contributed by atoms with van der Waals surface area (Å²) in [6, 6.07) is 12.5. The topological polar surface area (TPSA) is 66.0 Å². The summed E-state index contributed by atoms with van der Waals surface area (Å²) in [5, 5.41) is 7.94. The Hall–Kier alpha value is -2.87. The molecule has 4 rings (SSSR count). The lowest BCUT2D eigenvalue weighted by molar-refractivity contribution is -0.134. The third-order valence-corrected chi connectivity index (χ3v) is 3.70. The number of H-pyrrole nitrogens is 1. The van der Waals surface area contributed by atoms with E-state index < -0.39 is 22.9 Å². The summed E-state index contributed by atoms with van der Waals surface area (Å²) in [5.74, 6) is -2.93. The molecule has 0 atom stereocenters. The van der Waals surface area contributed by atoms with Crippen LogP contribution in [-0.4, -0.2) is 21.0 Å². The fourth-order valence-corrected chi connectivity index (χ4v) is 2.59. The van der Waals surface area contributed by atoms with Crippen molar-refractivity contribution in [2.45, 2.75) is 6.92 Å². The Morgan fingerprint density at radius 3 is 2.48 bits per heavy atom. The number of halogens is 3. The SMILES string of the molecule is CC(=O)O.Fc1nc2c(F)c(F)ccc2s1.c1ccc2[nH]ccc2c1. The van der Waals surface area contributed by atoms with E-state index in [4.69, 9.17) is 9.90 Å². The number of thiazole rings is 1. The van der Waals surface area contributed by atoms with E-state index in [0.717, 1.165) is 13.0 Å². The smallest absolute Gasteiger partial charge is 0.300 e. The minimum Gasteiger partial charge on any atom is -0.481 e. The Labute approximate surface area is 144 Å². The highest BCUT2D eigenvalue weighted by molar-refractivity contribution is 7.17. The van der Waals surface area contributed by atoms with Crippen molar-refractivity contribution in [3.05, 3.63) is 65.6 Å². The van der Waals surface area contributed by atoms with Gasteiger partial charge in [0.25, 0.3) is 11.2 Å². The highest BCUT2D eigenvalue weighted by atomic mass is 32.1. The number of hydrogen-bond acceptors (Lipinski definition) is 3. The normalized spacial score (nSPS) is 9.92. The van der Waals surface area contributed by atoms with Crippen LogP contribution < -0.4 is 0 Å². The maximum atomic E-state index is 12.8. The molecule has 0 aliphatic rings.